The summed E-state index contributed by atoms with van der Waals surface area (Å²) in [6.07, 6.45) is 2.21. The lowest BCUT2D eigenvalue weighted by molar-refractivity contribution is 0.639. The van der Waals surface area contributed by atoms with Crippen LogP contribution in [0.1, 0.15) is 45.1 Å². The summed E-state index contributed by atoms with van der Waals surface area (Å²) in [6.45, 7) is 7.48. The molecule has 1 aromatic rings. The molecule has 3 N–H and O–H groups in total. The van der Waals surface area contributed by atoms with Crippen molar-refractivity contribution in [2.45, 2.75) is 45.6 Å². The van der Waals surface area contributed by atoms with E-state index < -0.39 is 0 Å². The molecule has 2 nitrogen and oxygen atoms in total. The Balaban J connectivity index is 2.32. The van der Waals surface area contributed by atoms with E-state index in [1.54, 1.807) is 0 Å². The Morgan fingerprint density at radius 2 is 1.75 bits per heavy atom. The molecule has 0 aliphatic heterocycles. The Hall–Kier alpha value is -1.02. The maximum Gasteiger partial charge on any atom is 0.0340 e. The predicted octanol–water partition coefficient (Wildman–Crippen LogP) is 3.35. The first kappa shape index (κ1) is 13.0. The highest BCUT2D eigenvalue weighted by molar-refractivity contribution is 5.44. The summed E-state index contributed by atoms with van der Waals surface area (Å²) >= 11 is 0. The van der Waals surface area contributed by atoms with Crippen molar-refractivity contribution in [2.75, 3.05) is 11.9 Å². The van der Waals surface area contributed by atoms with E-state index in [1.807, 2.05) is 0 Å². The Morgan fingerprint density at radius 1 is 1.12 bits per heavy atom. The number of hydrogen-bond acceptors (Lipinski definition) is 2. The Morgan fingerprint density at radius 3 is 2.25 bits per heavy atom. The quantitative estimate of drug-likeness (QED) is 0.721. The summed E-state index contributed by atoms with van der Waals surface area (Å²) in [5, 5.41) is 3.41. The normalized spacial score (nSPS) is 12.8. The van der Waals surface area contributed by atoms with Crippen LogP contribution in [0.2, 0.25) is 0 Å². The van der Waals surface area contributed by atoms with Gasteiger partial charge in [-0.05, 0) is 43.4 Å². The second-order valence-electron chi connectivity index (χ2n) is 4.82. The van der Waals surface area contributed by atoms with Gasteiger partial charge in [0.15, 0.2) is 0 Å². The predicted molar refractivity (Wildman–Crippen MR) is 71.9 cm³/mol. The summed E-state index contributed by atoms with van der Waals surface area (Å²) in [6, 6.07) is 9.00. The van der Waals surface area contributed by atoms with E-state index in [0.29, 0.717) is 12.0 Å². The van der Waals surface area contributed by atoms with Crippen LogP contribution in [-0.4, -0.2) is 12.6 Å². The van der Waals surface area contributed by atoms with Gasteiger partial charge in [0.2, 0.25) is 0 Å². The maximum atomic E-state index is 5.70. The van der Waals surface area contributed by atoms with Crippen LogP contribution in [0, 0.1) is 0 Å². The minimum absolute atomic E-state index is 0.310. The molecule has 0 saturated carbocycles. The third-order valence-corrected chi connectivity index (χ3v) is 2.74. The molecule has 0 aliphatic carbocycles. The zero-order valence-corrected chi connectivity index (χ0v) is 10.7. The molecule has 1 atom stereocenters. The smallest absolute Gasteiger partial charge is 0.0340 e. The molecule has 0 aromatic heterocycles. The molecular weight excluding hydrogens is 196 g/mol. The van der Waals surface area contributed by atoms with Crippen LogP contribution in [0.4, 0.5) is 5.69 Å². The van der Waals surface area contributed by atoms with Crippen molar-refractivity contribution >= 4 is 5.69 Å². The second-order valence-corrected chi connectivity index (χ2v) is 4.82. The minimum atomic E-state index is 0.310. The fourth-order valence-corrected chi connectivity index (χ4v) is 1.64. The van der Waals surface area contributed by atoms with Crippen molar-refractivity contribution in [3.8, 4) is 0 Å². The lowest BCUT2D eigenvalue weighted by Gasteiger charge is -2.10. The standard InChI is InChI=1S/C14H24N2/c1-11(2)13-6-8-14(9-7-13)16-10-4-5-12(3)15/h6-9,11-12,16H,4-5,10,15H2,1-3H3. The molecule has 0 amide bonds. The van der Waals surface area contributed by atoms with Gasteiger partial charge in [-0.3, -0.25) is 0 Å². The number of rotatable bonds is 6. The highest BCUT2D eigenvalue weighted by atomic mass is 14.9. The van der Waals surface area contributed by atoms with Crippen LogP contribution in [0.15, 0.2) is 24.3 Å². The number of hydrogen-bond donors (Lipinski definition) is 2. The molecule has 0 saturated heterocycles. The van der Waals surface area contributed by atoms with Crippen LogP contribution in [-0.2, 0) is 0 Å². The number of anilines is 1. The van der Waals surface area contributed by atoms with E-state index in [4.69, 9.17) is 5.73 Å². The molecule has 2 heteroatoms. The van der Waals surface area contributed by atoms with E-state index in [2.05, 4.69) is 50.4 Å². The van der Waals surface area contributed by atoms with Gasteiger partial charge in [-0.15, -0.1) is 0 Å². The lowest BCUT2D eigenvalue weighted by atomic mass is 10.0. The number of nitrogens with two attached hydrogens (primary N) is 1. The van der Waals surface area contributed by atoms with Gasteiger partial charge in [0, 0.05) is 18.3 Å². The molecule has 0 radical (unpaired) electrons. The first-order valence-corrected chi connectivity index (χ1v) is 6.19. The van der Waals surface area contributed by atoms with Gasteiger partial charge in [0.1, 0.15) is 0 Å². The molecular formula is C14H24N2. The topological polar surface area (TPSA) is 38.0 Å². The molecule has 0 aliphatic rings. The van der Waals surface area contributed by atoms with E-state index in [-0.39, 0.29) is 0 Å². The molecule has 1 aromatic carbocycles. The zero-order valence-electron chi connectivity index (χ0n) is 10.7. The molecule has 0 heterocycles. The van der Waals surface area contributed by atoms with Gasteiger partial charge in [-0.1, -0.05) is 26.0 Å². The first-order valence-electron chi connectivity index (χ1n) is 6.19. The van der Waals surface area contributed by atoms with Gasteiger partial charge < -0.3 is 11.1 Å². The van der Waals surface area contributed by atoms with Gasteiger partial charge in [-0.25, -0.2) is 0 Å². The summed E-state index contributed by atoms with van der Waals surface area (Å²) in [4.78, 5) is 0. The minimum Gasteiger partial charge on any atom is -0.385 e. The van der Waals surface area contributed by atoms with Crippen molar-refractivity contribution in [3.05, 3.63) is 29.8 Å². The molecule has 0 spiro atoms. The molecule has 90 valence electrons. The monoisotopic (exact) mass is 220 g/mol. The van der Waals surface area contributed by atoms with Gasteiger partial charge in [0.05, 0.1) is 0 Å². The van der Waals surface area contributed by atoms with E-state index >= 15 is 0 Å². The van der Waals surface area contributed by atoms with Crippen LogP contribution < -0.4 is 11.1 Å². The molecule has 1 rings (SSSR count). The van der Waals surface area contributed by atoms with Crippen molar-refractivity contribution in [3.63, 3.8) is 0 Å². The molecule has 0 fully saturated rings. The van der Waals surface area contributed by atoms with Crippen LogP contribution in [0.5, 0.6) is 0 Å². The Labute approximate surface area is 99.2 Å². The van der Waals surface area contributed by atoms with Crippen LogP contribution in [0.3, 0.4) is 0 Å². The summed E-state index contributed by atoms with van der Waals surface area (Å²) in [5.41, 5.74) is 8.29. The largest absolute Gasteiger partial charge is 0.385 e. The molecule has 0 bridgehead atoms. The highest BCUT2D eigenvalue weighted by Crippen LogP contribution is 2.17. The SMILES string of the molecule is CC(N)CCCNc1ccc(C(C)C)cc1. The first-order chi connectivity index (χ1) is 7.59. The van der Waals surface area contributed by atoms with Gasteiger partial charge in [-0.2, -0.15) is 0 Å². The molecule has 16 heavy (non-hydrogen) atoms. The fourth-order valence-electron chi connectivity index (χ4n) is 1.64. The summed E-state index contributed by atoms with van der Waals surface area (Å²) in [5.74, 6) is 0.604. The summed E-state index contributed by atoms with van der Waals surface area (Å²) < 4.78 is 0. The van der Waals surface area contributed by atoms with E-state index in [0.717, 1.165) is 19.4 Å². The number of nitrogens with one attached hydrogen (secondary N) is 1. The van der Waals surface area contributed by atoms with Crippen molar-refractivity contribution < 1.29 is 0 Å². The second kappa shape index (κ2) is 6.54. The average molecular weight is 220 g/mol. The Bertz CT molecular complexity index is 288. The van der Waals surface area contributed by atoms with Gasteiger partial charge in [0.25, 0.3) is 0 Å². The van der Waals surface area contributed by atoms with Gasteiger partial charge >= 0.3 is 0 Å². The summed E-state index contributed by atoms with van der Waals surface area (Å²) in [7, 11) is 0. The van der Waals surface area contributed by atoms with E-state index in [9.17, 15) is 0 Å². The third-order valence-electron chi connectivity index (χ3n) is 2.74. The third kappa shape index (κ3) is 4.67. The van der Waals surface area contributed by atoms with Crippen LogP contribution >= 0.6 is 0 Å². The Kier molecular flexibility index (Phi) is 5.33. The maximum absolute atomic E-state index is 5.70. The van der Waals surface area contributed by atoms with Crippen LogP contribution in [0.25, 0.3) is 0 Å². The van der Waals surface area contributed by atoms with Crippen molar-refractivity contribution in [1.29, 1.82) is 0 Å². The van der Waals surface area contributed by atoms with Crippen molar-refractivity contribution in [2.24, 2.45) is 5.73 Å². The highest BCUT2D eigenvalue weighted by Gasteiger charge is 1.98. The van der Waals surface area contributed by atoms with E-state index in [1.165, 1.54) is 11.3 Å². The lowest BCUT2D eigenvalue weighted by Crippen LogP contribution is -2.16. The zero-order chi connectivity index (χ0) is 12.0. The average Bonchev–Trinajstić information content (AvgIpc) is 2.25. The fraction of sp³-hybridized carbons (Fsp3) is 0.571. The molecule has 1 unspecified atom stereocenters. The van der Waals surface area contributed by atoms with Crippen molar-refractivity contribution in [1.82, 2.24) is 0 Å². The number of benzene rings is 1.